The fraction of sp³-hybridized carbons (Fsp3) is 0.0667. The van der Waals surface area contributed by atoms with Crippen molar-refractivity contribution in [1.82, 2.24) is 0 Å². The molecule has 108 valence electrons. The first-order chi connectivity index (χ1) is 9.95. The number of carboxylic acid groups (broad SMARTS) is 1. The van der Waals surface area contributed by atoms with Gasteiger partial charge in [-0.2, -0.15) is 0 Å². The van der Waals surface area contributed by atoms with Crippen molar-refractivity contribution in [2.75, 3.05) is 11.1 Å². The molecule has 2 rings (SSSR count). The summed E-state index contributed by atoms with van der Waals surface area (Å²) >= 11 is 5.75. The van der Waals surface area contributed by atoms with E-state index in [1.54, 1.807) is 24.3 Å². The largest absolute Gasteiger partial charge is 0.478 e. The van der Waals surface area contributed by atoms with Crippen LogP contribution in [-0.4, -0.2) is 17.0 Å². The Bertz CT molecular complexity index is 684. The van der Waals surface area contributed by atoms with E-state index in [1.165, 1.54) is 18.2 Å². The molecule has 5 nitrogen and oxygen atoms in total. The third kappa shape index (κ3) is 3.97. The molecule has 0 saturated carbocycles. The lowest BCUT2D eigenvalue weighted by Gasteiger charge is -2.09. The molecule has 0 spiro atoms. The third-order valence-electron chi connectivity index (χ3n) is 2.83. The smallest absolute Gasteiger partial charge is 0.337 e. The molecule has 2 aromatic carbocycles. The highest BCUT2D eigenvalue weighted by Crippen LogP contribution is 2.21. The van der Waals surface area contributed by atoms with Gasteiger partial charge >= 0.3 is 5.97 Å². The van der Waals surface area contributed by atoms with Crippen LogP contribution >= 0.6 is 11.6 Å². The maximum Gasteiger partial charge on any atom is 0.337 e. The summed E-state index contributed by atoms with van der Waals surface area (Å²) in [4.78, 5) is 23.1. The molecule has 0 unspecified atom stereocenters. The first-order valence-corrected chi connectivity index (χ1v) is 6.50. The Morgan fingerprint density at radius 2 is 1.81 bits per heavy atom. The highest BCUT2D eigenvalue weighted by molar-refractivity contribution is 6.31. The van der Waals surface area contributed by atoms with Crippen LogP contribution < -0.4 is 11.1 Å². The van der Waals surface area contributed by atoms with Crippen molar-refractivity contribution in [1.29, 1.82) is 0 Å². The van der Waals surface area contributed by atoms with Crippen LogP contribution in [0.2, 0.25) is 5.02 Å². The molecular formula is C15H13ClN2O3. The number of nitrogens with one attached hydrogen (secondary N) is 1. The Morgan fingerprint density at radius 1 is 1.14 bits per heavy atom. The molecule has 0 radical (unpaired) electrons. The van der Waals surface area contributed by atoms with Crippen molar-refractivity contribution in [2.24, 2.45) is 0 Å². The zero-order valence-corrected chi connectivity index (χ0v) is 11.7. The molecule has 6 heteroatoms. The van der Waals surface area contributed by atoms with Gasteiger partial charge in [-0.1, -0.05) is 23.7 Å². The van der Waals surface area contributed by atoms with E-state index in [0.29, 0.717) is 10.7 Å². The first kappa shape index (κ1) is 14.9. The number of anilines is 2. The molecule has 2 aromatic rings. The Balaban J connectivity index is 2.12. The number of carbonyl (C=O) groups is 2. The molecule has 0 fully saturated rings. The van der Waals surface area contributed by atoms with Gasteiger partial charge in [-0.15, -0.1) is 0 Å². The minimum absolute atomic E-state index is 0.0480. The van der Waals surface area contributed by atoms with Crippen LogP contribution in [0.25, 0.3) is 0 Å². The number of amides is 1. The lowest BCUT2D eigenvalue weighted by Crippen LogP contribution is -2.16. The summed E-state index contributed by atoms with van der Waals surface area (Å²) < 4.78 is 0. The van der Waals surface area contributed by atoms with Crippen molar-refractivity contribution < 1.29 is 14.7 Å². The Labute approximate surface area is 126 Å². The van der Waals surface area contributed by atoms with Crippen LogP contribution in [-0.2, 0) is 11.2 Å². The fourth-order valence-electron chi connectivity index (χ4n) is 1.82. The summed E-state index contributed by atoms with van der Waals surface area (Å²) in [5.41, 5.74) is 7.14. The van der Waals surface area contributed by atoms with E-state index in [1.807, 2.05) is 0 Å². The Morgan fingerprint density at radius 3 is 2.43 bits per heavy atom. The number of benzene rings is 2. The Hall–Kier alpha value is -2.53. The van der Waals surface area contributed by atoms with Crippen molar-refractivity contribution >= 4 is 34.9 Å². The third-order valence-corrected chi connectivity index (χ3v) is 3.07. The van der Waals surface area contributed by atoms with Gasteiger partial charge in [0.1, 0.15) is 0 Å². The topological polar surface area (TPSA) is 92.4 Å². The number of rotatable bonds is 4. The first-order valence-electron chi connectivity index (χ1n) is 6.13. The molecule has 0 aromatic heterocycles. The van der Waals surface area contributed by atoms with Gasteiger partial charge in [0.15, 0.2) is 0 Å². The van der Waals surface area contributed by atoms with Crippen LogP contribution in [0, 0.1) is 0 Å². The Kier molecular flexibility index (Phi) is 4.45. The van der Waals surface area contributed by atoms with E-state index < -0.39 is 5.97 Å². The number of aromatic carboxylic acids is 1. The van der Waals surface area contributed by atoms with Crippen molar-refractivity contribution in [3.63, 3.8) is 0 Å². The number of carbonyl (C=O) groups excluding carboxylic acids is 1. The minimum Gasteiger partial charge on any atom is -0.478 e. The van der Waals surface area contributed by atoms with Crippen LogP contribution in [0.15, 0.2) is 42.5 Å². The number of carboxylic acids is 1. The molecule has 0 aliphatic heterocycles. The molecule has 0 atom stereocenters. The van der Waals surface area contributed by atoms with Gasteiger partial charge in [-0.05, 0) is 35.9 Å². The lowest BCUT2D eigenvalue weighted by molar-refractivity contribution is -0.115. The van der Waals surface area contributed by atoms with Crippen LogP contribution in [0.5, 0.6) is 0 Å². The maximum atomic E-state index is 12.0. The summed E-state index contributed by atoms with van der Waals surface area (Å²) in [7, 11) is 0. The van der Waals surface area contributed by atoms with E-state index in [-0.39, 0.29) is 23.6 Å². The molecule has 21 heavy (non-hydrogen) atoms. The van der Waals surface area contributed by atoms with Crippen LogP contribution in [0.4, 0.5) is 11.4 Å². The molecule has 0 heterocycles. The van der Waals surface area contributed by atoms with Gasteiger partial charge in [-0.25, -0.2) is 4.79 Å². The monoisotopic (exact) mass is 304 g/mol. The molecular weight excluding hydrogens is 292 g/mol. The van der Waals surface area contributed by atoms with E-state index in [4.69, 9.17) is 22.4 Å². The van der Waals surface area contributed by atoms with Crippen molar-refractivity contribution in [3.8, 4) is 0 Å². The SMILES string of the molecule is Nc1ccc(CC(=O)Nc2ccc(Cl)cc2C(=O)O)cc1. The second-order valence-corrected chi connectivity index (χ2v) is 4.90. The average molecular weight is 305 g/mol. The molecule has 0 aliphatic rings. The van der Waals surface area contributed by atoms with Crippen LogP contribution in [0.1, 0.15) is 15.9 Å². The van der Waals surface area contributed by atoms with Gasteiger partial charge in [0.05, 0.1) is 17.7 Å². The number of halogens is 1. The van der Waals surface area contributed by atoms with Gasteiger partial charge in [0.25, 0.3) is 0 Å². The minimum atomic E-state index is -1.15. The number of hydrogen-bond acceptors (Lipinski definition) is 3. The van der Waals surface area contributed by atoms with E-state index in [9.17, 15) is 9.59 Å². The second kappa shape index (κ2) is 6.28. The van der Waals surface area contributed by atoms with Crippen molar-refractivity contribution in [3.05, 3.63) is 58.6 Å². The molecule has 1 amide bonds. The van der Waals surface area contributed by atoms with E-state index in [2.05, 4.69) is 5.32 Å². The zero-order chi connectivity index (χ0) is 15.4. The summed E-state index contributed by atoms with van der Waals surface area (Å²) in [5.74, 6) is -1.47. The summed E-state index contributed by atoms with van der Waals surface area (Å²) in [6.07, 6.45) is 0.127. The normalized spacial score (nSPS) is 10.1. The lowest BCUT2D eigenvalue weighted by atomic mass is 10.1. The fourth-order valence-corrected chi connectivity index (χ4v) is 1.99. The number of hydrogen-bond donors (Lipinski definition) is 3. The number of nitrogens with two attached hydrogens (primary N) is 1. The van der Waals surface area contributed by atoms with Crippen molar-refractivity contribution in [2.45, 2.75) is 6.42 Å². The van der Waals surface area contributed by atoms with E-state index in [0.717, 1.165) is 5.56 Å². The maximum absolute atomic E-state index is 12.0. The highest BCUT2D eigenvalue weighted by Gasteiger charge is 2.13. The van der Waals surface area contributed by atoms with Gasteiger partial charge in [0.2, 0.25) is 5.91 Å². The van der Waals surface area contributed by atoms with Gasteiger partial charge < -0.3 is 16.2 Å². The predicted molar refractivity (Wildman–Crippen MR) is 81.6 cm³/mol. The quantitative estimate of drug-likeness (QED) is 0.757. The molecule has 4 N–H and O–H groups in total. The molecule has 0 bridgehead atoms. The van der Waals surface area contributed by atoms with Gasteiger partial charge in [-0.3, -0.25) is 4.79 Å². The highest BCUT2D eigenvalue weighted by atomic mass is 35.5. The summed E-state index contributed by atoms with van der Waals surface area (Å²) in [6.45, 7) is 0. The standard InChI is InChI=1S/C15H13ClN2O3/c16-10-3-6-13(12(8-10)15(20)21)18-14(19)7-9-1-4-11(17)5-2-9/h1-6,8H,7,17H2,(H,18,19)(H,20,21). The predicted octanol–water partition coefficient (Wildman–Crippen LogP) is 2.80. The molecule has 0 saturated heterocycles. The zero-order valence-electron chi connectivity index (χ0n) is 11.0. The van der Waals surface area contributed by atoms with Gasteiger partial charge in [0, 0.05) is 10.7 Å². The van der Waals surface area contributed by atoms with E-state index >= 15 is 0 Å². The van der Waals surface area contributed by atoms with Crippen LogP contribution in [0.3, 0.4) is 0 Å². The average Bonchev–Trinajstić information content (AvgIpc) is 2.43. The summed E-state index contributed by atoms with van der Waals surface area (Å²) in [5, 5.41) is 12.0. The molecule has 0 aliphatic carbocycles. The second-order valence-electron chi connectivity index (χ2n) is 4.46. The number of nitrogen functional groups attached to an aromatic ring is 1. The summed E-state index contributed by atoms with van der Waals surface area (Å²) in [6, 6.07) is 11.2.